The van der Waals surface area contributed by atoms with Gasteiger partial charge in [-0.1, -0.05) is 29.3 Å². The zero-order valence-electron chi connectivity index (χ0n) is 16.5. The molecule has 0 unspecified atom stereocenters. The van der Waals surface area contributed by atoms with Crippen LogP contribution in [0.2, 0.25) is 10.2 Å². The molecule has 0 bridgehead atoms. The number of nitrogens with zero attached hydrogens (tertiary/aromatic N) is 2. The number of anilines is 2. The average molecular weight is 507 g/mol. The summed E-state index contributed by atoms with van der Waals surface area (Å²) in [5.41, 5.74) is 3.94. The smallest absolute Gasteiger partial charge is 0.425 e. The Kier molecular flexibility index (Phi) is 6.94. The van der Waals surface area contributed by atoms with E-state index >= 15 is 0 Å². The lowest BCUT2D eigenvalue weighted by molar-refractivity contribution is -0.189. The maximum atomic E-state index is 14.9. The van der Waals surface area contributed by atoms with E-state index in [1.165, 1.54) is 12.1 Å². The molecule has 1 atom stereocenters. The van der Waals surface area contributed by atoms with Gasteiger partial charge in [0.25, 0.3) is 5.91 Å². The summed E-state index contributed by atoms with van der Waals surface area (Å²) >= 11 is 11.5. The lowest BCUT2D eigenvalue weighted by Gasteiger charge is -2.21. The highest BCUT2D eigenvalue weighted by atomic mass is 35.5. The second-order valence-electron chi connectivity index (χ2n) is 6.61. The molecule has 0 spiro atoms. The first-order valence-electron chi connectivity index (χ1n) is 8.99. The molecule has 0 aliphatic rings. The van der Waals surface area contributed by atoms with Crippen molar-refractivity contribution in [1.29, 1.82) is 0 Å². The van der Waals surface area contributed by atoms with Crippen LogP contribution in [-0.2, 0) is 0 Å². The highest BCUT2D eigenvalue weighted by Gasteiger charge is 2.39. The van der Waals surface area contributed by atoms with Crippen LogP contribution in [0.15, 0.2) is 36.5 Å². The number of rotatable bonds is 5. The first-order chi connectivity index (χ1) is 15.4. The van der Waals surface area contributed by atoms with Gasteiger partial charge in [-0.25, -0.2) is 18.7 Å². The van der Waals surface area contributed by atoms with Gasteiger partial charge in [0.1, 0.15) is 28.2 Å². The molecule has 1 aromatic heterocycles. The largest absolute Gasteiger partial charge is 0.480 e. The Labute approximate surface area is 193 Å². The Balaban J connectivity index is 2.12. The molecule has 0 fully saturated rings. The highest BCUT2D eigenvalue weighted by Crippen LogP contribution is 2.35. The minimum absolute atomic E-state index is 0.100. The van der Waals surface area contributed by atoms with Crippen LogP contribution in [0.5, 0.6) is 5.75 Å². The van der Waals surface area contributed by atoms with E-state index in [0.717, 1.165) is 18.3 Å². The Morgan fingerprint density at radius 1 is 1.18 bits per heavy atom. The molecule has 6 nitrogen and oxygen atoms in total. The van der Waals surface area contributed by atoms with Crippen molar-refractivity contribution in [2.75, 3.05) is 11.1 Å². The average Bonchev–Trinajstić information content (AvgIpc) is 2.71. The number of para-hydroxylation sites is 1. The number of nitrogens with two attached hydrogens (primary N) is 1. The van der Waals surface area contributed by atoms with Crippen LogP contribution in [-0.4, -0.2) is 28.2 Å². The van der Waals surface area contributed by atoms with Crippen molar-refractivity contribution in [2.24, 2.45) is 0 Å². The van der Waals surface area contributed by atoms with E-state index in [4.69, 9.17) is 33.7 Å². The van der Waals surface area contributed by atoms with Crippen molar-refractivity contribution in [3.63, 3.8) is 0 Å². The van der Waals surface area contributed by atoms with Gasteiger partial charge >= 0.3 is 6.18 Å². The number of halogens is 7. The Bertz CT molecular complexity index is 1200. The summed E-state index contributed by atoms with van der Waals surface area (Å²) in [5.74, 6) is -4.16. The molecule has 0 aliphatic heterocycles. The van der Waals surface area contributed by atoms with E-state index in [2.05, 4.69) is 15.3 Å². The Hall–Kier alpha value is -3.18. The first kappa shape index (κ1) is 24.5. The van der Waals surface area contributed by atoms with Crippen LogP contribution in [0.1, 0.15) is 17.3 Å². The van der Waals surface area contributed by atoms with Crippen molar-refractivity contribution in [3.05, 3.63) is 63.9 Å². The van der Waals surface area contributed by atoms with Crippen molar-refractivity contribution >= 4 is 40.6 Å². The lowest BCUT2D eigenvalue weighted by Crippen LogP contribution is -2.32. The highest BCUT2D eigenvalue weighted by molar-refractivity contribution is 6.34. The quantitative estimate of drug-likeness (QED) is 0.421. The minimum atomic E-state index is -4.81. The maximum absolute atomic E-state index is 14.9. The summed E-state index contributed by atoms with van der Waals surface area (Å²) < 4.78 is 73.2. The van der Waals surface area contributed by atoms with Gasteiger partial charge in [-0.2, -0.15) is 13.2 Å². The summed E-state index contributed by atoms with van der Waals surface area (Å²) in [6.07, 6.45) is -6.14. The molecular formula is C20H13Cl2F5N4O2. The van der Waals surface area contributed by atoms with Gasteiger partial charge in [0, 0.05) is 5.56 Å². The summed E-state index contributed by atoms with van der Waals surface area (Å²) in [6.45, 7) is 0.689. The van der Waals surface area contributed by atoms with Crippen molar-refractivity contribution in [2.45, 2.75) is 19.2 Å². The Morgan fingerprint density at radius 3 is 2.48 bits per heavy atom. The number of carbonyl (C=O) groups excluding carboxylic acids is 1. The van der Waals surface area contributed by atoms with Gasteiger partial charge in [0.05, 0.1) is 22.5 Å². The van der Waals surface area contributed by atoms with Crippen LogP contribution in [0, 0.1) is 11.6 Å². The fourth-order valence-corrected chi connectivity index (χ4v) is 3.00. The molecule has 3 rings (SSSR count). The number of aromatic nitrogens is 2. The van der Waals surface area contributed by atoms with Gasteiger partial charge in [0.15, 0.2) is 11.9 Å². The van der Waals surface area contributed by atoms with Gasteiger partial charge in [-0.15, -0.1) is 0 Å². The van der Waals surface area contributed by atoms with Gasteiger partial charge in [-0.05, 0) is 31.2 Å². The molecule has 13 heteroatoms. The van der Waals surface area contributed by atoms with Gasteiger partial charge in [0.2, 0.25) is 0 Å². The fourth-order valence-electron chi connectivity index (χ4n) is 2.65. The lowest BCUT2D eigenvalue weighted by atomic mass is 10.1. The van der Waals surface area contributed by atoms with E-state index in [9.17, 15) is 26.7 Å². The van der Waals surface area contributed by atoms with Crippen molar-refractivity contribution in [3.8, 4) is 17.0 Å². The predicted molar refractivity (Wildman–Crippen MR) is 112 cm³/mol. The van der Waals surface area contributed by atoms with E-state index in [0.29, 0.717) is 13.0 Å². The molecule has 2 aromatic carbocycles. The fraction of sp³-hybridized carbons (Fsp3) is 0.150. The van der Waals surface area contributed by atoms with Gasteiger partial charge < -0.3 is 15.8 Å². The van der Waals surface area contributed by atoms with Crippen LogP contribution < -0.4 is 15.8 Å². The molecule has 0 radical (unpaired) electrons. The third kappa shape index (κ3) is 5.42. The van der Waals surface area contributed by atoms with Crippen LogP contribution in [0.3, 0.4) is 0 Å². The minimum Gasteiger partial charge on any atom is -0.480 e. The topological polar surface area (TPSA) is 90.1 Å². The number of nitrogens with one attached hydrogen (secondary N) is 1. The number of alkyl halides is 3. The molecule has 3 N–H and O–H groups in total. The number of benzene rings is 2. The van der Waals surface area contributed by atoms with E-state index in [1.54, 1.807) is 0 Å². The van der Waals surface area contributed by atoms with Gasteiger partial charge in [-0.3, -0.25) is 4.79 Å². The van der Waals surface area contributed by atoms with E-state index in [1.807, 2.05) is 0 Å². The molecule has 0 saturated carbocycles. The molecule has 33 heavy (non-hydrogen) atoms. The number of hydrogen-bond acceptors (Lipinski definition) is 5. The molecule has 1 heterocycles. The number of hydrogen-bond donors (Lipinski definition) is 2. The third-order valence-electron chi connectivity index (χ3n) is 4.31. The predicted octanol–water partition coefficient (Wildman–Crippen LogP) is 5.89. The second kappa shape index (κ2) is 9.36. The number of nitrogen functional groups attached to an aromatic ring is 1. The monoisotopic (exact) mass is 506 g/mol. The van der Waals surface area contributed by atoms with Crippen molar-refractivity contribution in [1.82, 2.24) is 9.97 Å². The summed E-state index contributed by atoms with van der Waals surface area (Å²) in [4.78, 5) is 20.3. The molecule has 0 aliphatic carbocycles. The SMILES string of the molecule is C[C@H](Oc1cc(-c2ncc(Cl)nc2N)c(F)cc1C(=O)Nc1c(F)cccc1Cl)C(F)(F)F. The third-order valence-corrected chi connectivity index (χ3v) is 4.80. The summed E-state index contributed by atoms with van der Waals surface area (Å²) in [5, 5.41) is 1.82. The van der Waals surface area contributed by atoms with Crippen LogP contribution >= 0.6 is 23.2 Å². The van der Waals surface area contributed by atoms with Crippen LogP contribution in [0.25, 0.3) is 11.3 Å². The maximum Gasteiger partial charge on any atom is 0.425 e. The Morgan fingerprint density at radius 2 is 1.88 bits per heavy atom. The number of ether oxygens (including phenoxy) is 1. The van der Waals surface area contributed by atoms with E-state index in [-0.39, 0.29) is 21.7 Å². The number of amides is 1. The summed E-state index contributed by atoms with van der Waals surface area (Å²) in [7, 11) is 0. The zero-order valence-corrected chi connectivity index (χ0v) is 18.0. The molecule has 0 saturated heterocycles. The zero-order chi connectivity index (χ0) is 24.5. The van der Waals surface area contributed by atoms with Crippen molar-refractivity contribution < 1.29 is 31.5 Å². The summed E-state index contributed by atoms with van der Waals surface area (Å²) in [6, 6.07) is 4.96. The molecular weight excluding hydrogens is 494 g/mol. The van der Waals surface area contributed by atoms with Crippen LogP contribution in [0.4, 0.5) is 33.5 Å². The molecule has 174 valence electrons. The first-order valence-corrected chi connectivity index (χ1v) is 9.74. The van der Waals surface area contributed by atoms with E-state index < -0.39 is 52.4 Å². The molecule has 1 amide bonds. The standard InChI is InChI=1S/C20H13Cl2F5N4O2/c1-8(20(25,26)27)33-14-6-9(16-18(28)30-15(22)7-29-16)13(24)5-10(14)19(32)31-17-11(21)3-2-4-12(17)23/h2-8H,1H3,(H2,28,30)(H,31,32)/t8-/m0/s1. The second-order valence-corrected chi connectivity index (χ2v) is 7.40. The molecule has 3 aromatic rings. The normalized spacial score (nSPS) is 12.4. The number of carbonyl (C=O) groups is 1.